The molecule has 0 radical (unpaired) electrons. The van der Waals surface area contributed by atoms with Crippen molar-refractivity contribution in [3.63, 3.8) is 0 Å². The number of carbonyl (C=O) groups excluding carboxylic acids is 3. The lowest BCUT2D eigenvalue weighted by molar-refractivity contribution is -0.122. The second-order valence-corrected chi connectivity index (χ2v) is 9.26. The molecule has 0 aromatic heterocycles. The predicted molar refractivity (Wildman–Crippen MR) is 129 cm³/mol. The van der Waals surface area contributed by atoms with E-state index < -0.39 is 17.8 Å². The monoisotopic (exact) mass is 459 g/mol. The molecule has 4 amide bonds. The molecular formula is C26H25N3O5. The van der Waals surface area contributed by atoms with E-state index in [1.807, 2.05) is 20.0 Å². The van der Waals surface area contributed by atoms with E-state index in [0.717, 1.165) is 32.9 Å². The van der Waals surface area contributed by atoms with Crippen molar-refractivity contribution in [1.82, 2.24) is 5.32 Å². The molecular weight excluding hydrogens is 434 g/mol. The number of fused-ring (bicyclic) bond motifs is 2. The number of imide groups is 2. The van der Waals surface area contributed by atoms with Gasteiger partial charge in [-0.25, -0.2) is 9.69 Å². The predicted octanol–water partition coefficient (Wildman–Crippen LogP) is 4.02. The summed E-state index contributed by atoms with van der Waals surface area (Å²) in [5.41, 5.74) is 4.92. The molecule has 0 atom stereocenters. The zero-order valence-corrected chi connectivity index (χ0v) is 19.7. The first-order chi connectivity index (χ1) is 16.1. The number of hydrogen-bond donors (Lipinski definition) is 1. The van der Waals surface area contributed by atoms with Gasteiger partial charge in [-0.1, -0.05) is 6.08 Å². The maximum atomic E-state index is 13.3. The molecule has 0 aliphatic carbocycles. The van der Waals surface area contributed by atoms with E-state index in [4.69, 9.17) is 9.47 Å². The molecule has 1 fully saturated rings. The van der Waals surface area contributed by atoms with Gasteiger partial charge < -0.3 is 14.4 Å². The molecule has 1 N–H and O–H groups in total. The third-order valence-electron chi connectivity index (χ3n) is 6.62. The number of barbiturate groups is 1. The molecule has 5 rings (SSSR count). The van der Waals surface area contributed by atoms with Gasteiger partial charge in [0.2, 0.25) is 6.79 Å². The van der Waals surface area contributed by atoms with Crippen LogP contribution in [0.5, 0.6) is 11.5 Å². The van der Waals surface area contributed by atoms with Gasteiger partial charge in [0.15, 0.2) is 11.5 Å². The zero-order chi connectivity index (χ0) is 24.4. The summed E-state index contributed by atoms with van der Waals surface area (Å²) in [7, 11) is 2.05. The molecule has 0 spiro atoms. The highest BCUT2D eigenvalue weighted by Gasteiger charge is 2.38. The minimum absolute atomic E-state index is 0.0698. The molecule has 0 unspecified atom stereocenters. The number of ether oxygens (including phenoxy) is 2. The van der Waals surface area contributed by atoms with Gasteiger partial charge in [0.05, 0.1) is 11.2 Å². The van der Waals surface area contributed by atoms with E-state index >= 15 is 0 Å². The number of nitrogens with zero attached hydrogens (tertiary/aromatic N) is 2. The maximum Gasteiger partial charge on any atom is 0.335 e. The Labute approximate surface area is 197 Å². The largest absolute Gasteiger partial charge is 0.454 e. The summed E-state index contributed by atoms with van der Waals surface area (Å²) >= 11 is 0. The fourth-order valence-electron chi connectivity index (χ4n) is 4.54. The van der Waals surface area contributed by atoms with Crippen molar-refractivity contribution in [1.29, 1.82) is 0 Å². The maximum absolute atomic E-state index is 13.3. The van der Waals surface area contributed by atoms with Crippen LogP contribution in [-0.4, -0.2) is 37.2 Å². The number of carbonyl (C=O) groups is 3. The highest BCUT2D eigenvalue weighted by atomic mass is 16.7. The first-order valence-electron chi connectivity index (χ1n) is 11.0. The van der Waals surface area contributed by atoms with Crippen LogP contribution < -0.4 is 24.6 Å². The number of allylic oxidation sites excluding steroid dienone is 1. The average molecular weight is 460 g/mol. The fraction of sp³-hybridized carbons (Fsp3) is 0.269. The van der Waals surface area contributed by atoms with Crippen molar-refractivity contribution in [2.75, 3.05) is 23.6 Å². The molecule has 2 aromatic carbocycles. The Morgan fingerprint density at radius 1 is 1.03 bits per heavy atom. The van der Waals surface area contributed by atoms with Crippen LogP contribution in [-0.2, 0) is 9.59 Å². The number of urea groups is 1. The molecule has 3 aliphatic rings. The quantitative estimate of drug-likeness (QED) is 0.539. The smallest absolute Gasteiger partial charge is 0.335 e. The van der Waals surface area contributed by atoms with Crippen LogP contribution in [0.4, 0.5) is 16.2 Å². The SMILES string of the molecule is CC1=CC(C)(C)N(C)c2cc(C)c(/C=C3\C(=O)NC(=O)N(c4ccc5c(c4)OCO5)C3=O)cc21. The number of hydrogen-bond acceptors (Lipinski definition) is 6. The summed E-state index contributed by atoms with van der Waals surface area (Å²) in [6, 6.07) is 7.98. The third-order valence-corrected chi connectivity index (χ3v) is 6.62. The first kappa shape index (κ1) is 21.8. The highest BCUT2D eigenvalue weighted by molar-refractivity contribution is 6.39. The summed E-state index contributed by atoms with van der Waals surface area (Å²) in [5.74, 6) is -0.466. The molecule has 0 bridgehead atoms. The van der Waals surface area contributed by atoms with Crippen molar-refractivity contribution in [2.45, 2.75) is 33.2 Å². The van der Waals surface area contributed by atoms with Gasteiger partial charge in [-0.2, -0.15) is 0 Å². The number of benzene rings is 2. The first-order valence-corrected chi connectivity index (χ1v) is 11.0. The van der Waals surface area contributed by atoms with Gasteiger partial charge in [0, 0.05) is 24.4 Å². The lowest BCUT2D eigenvalue weighted by atomic mass is 9.87. The molecule has 0 saturated carbocycles. The minimum atomic E-state index is -0.809. The van der Waals surface area contributed by atoms with Gasteiger partial charge in [0.1, 0.15) is 5.57 Å². The Morgan fingerprint density at radius 2 is 1.76 bits per heavy atom. The van der Waals surface area contributed by atoms with E-state index in [0.29, 0.717) is 11.5 Å². The van der Waals surface area contributed by atoms with Crippen LogP contribution in [0.25, 0.3) is 11.6 Å². The Kier molecular flexibility index (Phi) is 4.79. The topological polar surface area (TPSA) is 88.2 Å². The summed E-state index contributed by atoms with van der Waals surface area (Å²) in [6.07, 6.45) is 3.74. The van der Waals surface area contributed by atoms with Crippen molar-refractivity contribution >= 4 is 40.9 Å². The minimum Gasteiger partial charge on any atom is -0.454 e. The number of rotatable bonds is 2. The van der Waals surface area contributed by atoms with Crippen LogP contribution >= 0.6 is 0 Å². The second-order valence-electron chi connectivity index (χ2n) is 9.26. The van der Waals surface area contributed by atoms with Crippen LogP contribution in [0, 0.1) is 6.92 Å². The second kappa shape index (κ2) is 7.48. The van der Waals surface area contributed by atoms with Crippen molar-refractivity contribution in [2.24, 2.45) is 0 Å². The lowest BCUT2D eigenvalue weighted by Gasteiger charge is -2.41. The average Bonchev–Trinajstić information content (AvgIpc) is 3.23. The number of nitrogens with one attached hydrogen (secondary N) is 1. The van der Waals surface area contributed by atoms with Gasteiger partial charge >= 0.3 is 6.03 Å². The number of aryl methyl sites for hydroxylation is 1. The summed E-state index contributed by atoms with van der Waals surface area (Å²) < 4.78 is 10.7. The van der Waals surface area contributed by atoms with Crippen molar-refractivity contribution < 1.29 is 23.9 Å². The molecule has 34 heavy (non-hydrogen) atoms. The van der Waals surface area contributed by atoms with Gasteiger partial charge in [-0.05, 0) is 74.7 Å². The van der Waals surface area contributed by atoms with Crippen LogP contribution in [0.3, 0.4) is 0 Å². The van der Waals surface area contributed by atoms with E-state index in [1.54, 1.807) is 24.3 Å². The normalized spacial score (nSPS) is 19.9. The molecule has 3 heterocycles. The van der Waals surface area contributed by atoms with Crippen molar-refractivity contribution in [3.8, 4) is 11.5 Å². The molecule has 8 heteroatoms. The number of amides is 4. The Morgan fingerprint density at radius 3 is 2.53 bits per heavy atom. The third kappa shape index (κ3) is 3.34. The van der Waals surface area contributed by atoms with Crippen molar-refractivity contribution in [3.05, 3.63) is 58.7 Å². The standard InChI is InChI=1S/C26H25N3O5/c1-14-8-20-18(15(2)12-26(3,4)28(20)5)9-16(14)10-19-23(30)27-25(32)29(24(19)31)17-6-7-21-22(11-17)34-13-33-21/h6-12H,13H2,1-5H3,(H,27,30,32)/b19-10+. The molecule has 8 nitrogen and oxygen atoms in total. The van der Waals surface area contributed by atoms with E-state index in [9.17, 15) is 14.4 Å². The van der Waals surface area contributed by atoms with Crippen LogP contribution in [0.1, 0.15) is 37.5 Å². The van der Waals surface area contributed by atoms with Gasteiger partial charge in [-0.15, -0.1) is 0 Å². The van der Waals surface area contributed by atoms with E-state index in [-0.39, 0.29) is 23.6 Å². The number of likely N-dealkylation sites (N-methyl/N-ethyl adjacent to an activating group) is 1. The van der Waals surface area contributed by atoms with Gasteiger partial charge in [0.25, 0.3) is 11.8 Å². The summed E-state index contributed by atoms with van der Waals surface area (Å²) in [6.45, 7) is 8.36. The Bertz CT molecular complexity index is 1340. The number of anilines is 2. The fourth-order valence-corrected chi connectivity index (χ4v) is 4.54. The zero-order valence-electron chi connectivity index (χ0n) is 19.7. The highest BCUT2D eigenvalue weighted by Crippen LogP contribution is 2.40. The Hall–Kier alpha value is -4.07. The Balaban J connectivity index is 1.56. The van der Waals surface area contributed by atoms with Crippen LogP contribution in [0.15, 0.2) is 42.0 Å². The van der Waals surface area contributed by atoms with E-state index in [2.05, 4.69) is 43.1 Å². The molecule has 2 aromatic rings. The van der Waals surface area contributed by atoms with E-state index in [1.165, 1.54) is 0 Å². The summed E-state index contributed by atoms with van der Waals surface area (Å²) in [5, 5.41) is 2.27. The van der Waals surface area contributed by atoms with Crippen LogP contribution in [0.2, 0.25) is 0 Å². The summed E-state index contributed by atoms with van der Waals surface area (Å²) in [4.78, 5) is 41.7. The lowest BCUT2D eigenvalue weighted by Crippen LogP contribution is -2.54. The molecule has 3 aliphatic heterocycles. The molecule has 174 valence electrons. The van der Waals surface area contributed by atoms with Gasteiger partial charge in [-0.3, -0.25) is 14.9 Å². The molecule has 1 saturated heterocycles.